The Bertz CT molecular complexity index is 1300. The zero-order chi connectivity index (χ0) is 20.0. The number of methoxy groups -OCH3 is 1. The number of aromatic nitrogens is 1. The van der Waals surface area contributed by atoms with Crippen LogP contribution in [0.5, 0.6) is 11.5 Å². The van der Waals surface area contributed by atoms with Gasteiger partial charge < -0.3 is 20.1 Å². The molecule has 0 fully saturated rings. The second-order valence-corrected chi connectivity index (χ2v) is 6.95. The fourth-order valence-corrected chi connectivity index (χ4v) is 3.74. The van der Waals surface area contributed by atoms with E-state index in [1.807, 2.05) is 60.8 Å². The predicted octanol–water partition coefficient (Wildman–Crippen LogP) is 5.04. The van der Waals surface area contributed by atoms with E-state index in [9.17, 15) is 9.90 Å². The first-order valence-corrected chi connectivity index (χ1v) is 9.25. The minimum absolute atomic E-state index is 0.0918. The molecular formula is C24H18N2O3. The smallest absolute Gasteiger partial charge is 0.256 e. The van der Waals surface area contributed by atoms with E-state index in [0.717, 1.165) is 38.8 Å². The number of carbonyl (C=O) groups excluding carboxylic acids is 1. The van der Waals surface area contributed by atoms with Crippen LogP contribution in [0.1, 0.15) is 11.1 Å². The van der Waals surface area contributed by atoms with Crippen molar-refractivity contribution in [1.29, 1.82) is 0 Å². The molecule has 5 heteroatoms. The molecule has 0 atom stereocenters. The molecule has 1 aromatic heterocycles. The van der Waals surface area contributed by atoms with Crippen molar-refractivity contribution in [1.82, 2.24) is 4.98 Å². The molecule has 2 heterocycles. The Labute approximate surface area is 167 Å². The summed E-state index contributed by atoms with van der Waals surface area (Å²) in [4.78, 5) is 15.9. The first-order valence-electron chi connectivity index (χ1n) is 9.25. The van der Waals surface area contributed by atoms with Crippen LogP contribution < -0.4 is 10.1 Å². The van der Waals surface area contributed by atoms with Crippen LogP contribution in [0.3, 0.4) is 0 Å². The van der Waals surface area contributed by atoms with Crippen LogP contribution in [0.25, 0.3) is 33.7 Å². The Kier molecular flexibility index (Phi) is 3.88. The summed E-state index contributed by atoms with van der Waals surface area (Å²) in [5.74, 6) is 0.381. The van der Waals surface area contributed by atoms with Crippen molar-refractivity contribution >= 4 is 34.1 Å². The average molecular weight is 382 g/mol. The summed E-state index contributed by atoms with van der Waals surface area (Å²) in [7, 11) is 1.52. The summed E-state index contributed by atoms with van der Waals surface area (Å²) < 4.78 is 5.22. The number of aromatic hydroxyl groups is 1. The van der Waals surface area contributed by atoms with Crippen LogP contribution in [0, 0.1) is 0 Å². The highest BCUT2D eigenvalue weighted by atomic mass is 16.5. The lowest BCUT2D eigenvalue weighted by Gasteiger charge is -2.08. The normalized spacial score (nSPS) is 14.2. The van der Waals surface area contributed by atoms with Gasteiger partial charge in [0.15, 0.2) is 11.5 Å². The van der Waals surface area contributed by atoms with Gasteiger partial charge in [0.25, 0.3) is 5.91 Å². The molecule has 4 aromatic rings. The predicted molar refractivity (Wildman–Crippen MR) is 115 cm³/mol. The lowest BCUT2D eigenvalue weighted by Crippen LogP contribution is -2.03. The summed E-state index contributed by atoms with van der Waals surface area (Å²) in [5.41, 5.74) is 6.09. The molecule has 142 valence electrons. The molecule has 0 radical (unpaired) electrons. The standard InChI is InChI=1S/C24H18N2O3/c1-29-23-12-15(7-9-22(23)27)14-6-8-21-18(10-14)19(24(28)26-21)11-16-13-25-20-5-3-2-4-17(16)20/h2-13,25,27H,1H3,(H,26,28). The van der Waals surface area contributed by atoms with Crippen molar-refractivity contribution in [3.8, 4) is 22.6 Å². The number of nitrogens with one attached hydrogen (secondary N) is 2. The lowest BCUT2D eigenvalue weighted by atomic mass is 9.98. The van der Waals surface area contributed by atoms with Crippen LogP contribution in [-0.2, 0) is 4.79 Å². The second kappa shape index (κ2) is 6.56. The SMILES string of the molecule is COc1cc(-c2ccc3c(c2)C(=Cc2c[nH]c4ccccc24)C(=O)N3)ccc1O. The Hall–Kier alpha value is -3.99. The molecule has 0 spiro atoms. The number of rotatable bonds is 3. The number of amides is 1. The fraction of sp³-hybridized carbons (Fsp3) is 0.0417. The number of anilines is 1. The summed E-state index contributed by atoms with van der Waals surface area (Å²) in [5, 5.41) is 13.9. The number of hydrogen-bond donors (Lipinski definition) is 3. The molecule has 0 aliphatic carbocycles. The maximum atomic E-state index is 12.6. The summed E-state index contributed by atoms with van der Waals surface area (Å²) in [6.45, 7) is 0. The van der Waals surface area contributed by atoms with Crippen molar-refractivity contribution in [2.45, 2.75) is 0 Å². The minimum atomic E-state index is -0.120. The fourth-order valence-electron chi connectivity index (χ4n) is 3.74. The van der Waals surface area contributed by atoms with Gasteiger partial charge in [-0.05, 0) is 47.5 Å². The average Bonchev–Trinajstić information content (AvgIpc) is 3.29. The first kappa shape index (κ1) is 17.1. The van der Waals surface area contributed by atoms with Gasteiger partial charge >= 0.3 is 0 Å². The van der Waals surface area contributed by atoms with Gasteiger partial charge in [0.2, 0.25) is 0 Å². The lowest BCUT2D eigenvalue weighted by molar-refractivity contribution is -0.110. The molecule has 5 rings (SSSR count). The highest BCUT2D eigenvalue weighted by molar-refractivity contribution is 6.35. The molecule has 5 nitrogen and oxygen atoms in total. The van der Waals surface area contributed by atoms with Crippen LogP contribution in [-0.4, -0.2) is 23.1 Å². The van der Waals surface area contributed by atoms with E-state index < -0.39 is 0 Å². The number of benzene rings is 3. The molecule has 0 bridgehead atoms. The number of phenols is 1. The molecule has 0 saturated carbocycles. The largest absolute Gasteiger partial charge is 0.504 e. The van der Waals surface area contributed by atoms with E-state index in [2.05, 4.69) is 10.3 Å². The van der Waals surface area contributed by atoms with Crippen LogP contribution in [0.2, 0.25) is 0 Å². The van der Waals surface area contributed by atoms with Gasteiger partial charge in [0.1, 0.15) is 0 Å². The Morgan fingerprint density at radius 1 is 1.00 bits per heavy atom. The monoisotopic (exact) mass is 382 g/mol. The molecular weight excluding hydrogens is 364 g/mol. The van der Waals surface area contributed by atoms with E-state index in [-0.39, 0.29) is 11.7 Å². The highest BCUT2D eigenvalue weighted by Gasteiger charge is 2.25. The second-order valence-electron chi connectivity index (χ2n) is 6.95. The topological polar surface area (TPSA) is 74.4 Å². The van der Waals surface area contributed by atoms with Crippen molar-refractivity contribution in [2.24, 2.45) is 0 Å². The van der Waals surface area contributed by atoms with Gasteiger partial charge in [-0.1, -0.05) is 30.3 Å². The molecule has 3 N–H and O–H groups in total. The van der Waals surface area contributed by atoms with E-state index in [4.69, 9.17) is 4.74 Å². The van der Waals surface area contributed by atoms with Crippen molar-refractivity contribution in [3.05, 3.63) is 78.0 Å². The van der Waals surface area contributed by atoms with Gasteiger partial charge in [-0.25, -0.2) is 0 Å². The highest BCUT2D eigenvalue weighted by Crippen LogP contribution is 2.38. The summed E-state index contributed by atoms with van der Waals surface area (Å²) in [6.07, 6.45) is 3.83. The number of carbonyl (C=O) groups is 1. The zero-order valence-corrected chi connectivity index (χ0v) is 15.7. The first-order chi connectivity index (χ1) is 14.1. The third-order valence-corrected chi connectivity index (χ3v) is 5.24. The summed E-state index contributed by atoms with van der Waals surface area (Å²) in [6, 6.07) is 19.0. The van der Waals surface area contributed by atoms with Gasteiger partial charge in [-0.3, -0.25) is 4.79 Å². The van der Waals surface area contributed by atoms with Gasteiger partial charge in [0.05, 0.1) is 7.11 Å². The minimum Gasteiger partial charge on any atom is -0.504 e. The maximum Gasteiger partial charge on any atom is 0.256 e. The molecule has 0 saturated heterocycles. The third kappa shape index (κ3) is 2.84. The number of H-pyrrole nitrogens is 1. The number of fused-ring (bicyclic) bond motifs is 2. The van der Waals surface area contributed by atoms with Crippen LogP contribution in [0.4, 0.5) is 5.69 Å². The van der Waals surface area contributed by atoms with E-state index in [1.54, 1.807) is 12.1 Å². The van der Waals surface area contributed by atoms with E-state index in [0.29, 0.717) is 11.3 Å². The molecule has 1 aliphatic rings. The van der Waals surface area contributed by atoms with Gasteiger partial charge in [-0.15, -0.1) is 0 Å². The third-order valence-electron chi connectivity index (χ3n) is 5.24. The number of ether oxygens (including phenoxy) is 1. The van der Waals surface area contributed by atoms with Gasteiger partial charge in [0, 0.05) is 39.5 Å². The van der Waals surface area contributed by atoms with E-state index in [1.165, 1.54) is 7.11 Å². The molecule has 1 amide bonds. The van der Waals surface area contributed by atoms with Crippen LogP contribution in [0.15, 0.2) is 66.9 Å². The Morgan fingerprint density at radius 2 is 1.79 bits per heavy atom. The van der Waals surface area contributed by atoms with Gasteiger partial charge in [-0.2, -0.15) is 0 Å². The van der Waals surface area contributed by atoms with Crippen molar-refractivity contribution in [2.75, 3.05) is 12.4 Å². The quantitative estimate of drug-likeness (QED) is 0.435. The number of para-hydroxylation sites is 1. The zero-order valence-electron chi connectivity index (χ0n) is 15.7. The molecule has 29 heavy (non-hydrogen) atoms. The number of aromatic amines is 1. The molecule has 3 aromatic carbocycles. The number of phenolic OH excluding ortho intramolecular Hbond substituents is 1. The van der Waals surface area contributed by atoms with Crippen LogP contribution >= 0.6 is 0 Å². The summed E-state index contributed by atoms with van der Waals surface area (Å²) >= 11 is 0. The van der Waals surface area contributed by atoms with Crippen molar-refractivity contribution < 1.29 is 14.6 Å². The number of hydrogen-bond acceptors (Lipinski definition) is 3. The van der Waals surface area contributed by atoms with E-state index >= 15 is 0 Å². The Balaban J connectivity index is 1.62. The maximum absolute atomic E-state index is 12.6. The molecule has 0 unspecified atom stereocenters. The molecule has 1 aliphatic heterocycles. The Morgan fingerprint density at radius 3 is 2.66 bits per heavy atom. The van der Waals surface area contributed by atoms with Crippen molar-refractivity contribution in [3.63, 3.8) is 0 Å².